The lowest BCUT2D eigenvalue weighted by molar-refractivity contribution is 0.443. The van der Waals surface area contributed by atoms with Crippen LogP contribution in [-0.4, -0.2) is 25.2 Å². The molecule has 64 valence electrons. The van der Waals surface area contributed by atoms with E-state index in [-0.39, 0.29) is 5.54 Å². The first kappa shape index (κ1) is 8.75. The predicted molar refractivity (Wildman–Crippen MR) is 48.7 cm³/mol. The molecule has 0 fully saturated rings. The van der Waals surface area contributed by atoms with Gasteiger partial charge in [-0.15, -0.1) is 0 Å². The van der Waals surface area contributed by atoms with Crippen LogP contribution in [0.2, 0.25) is 0 Å². The van der Waals surface area contributed by atoms with Crippen molar-refractivity contribution in [2.24, 2.45) is 0 Å². The maximum Gasteiger partial charge on any atom is 0.0182 e. The van der Waals surface area contributed by atoms with Crippen molar-refractivity contribution in [3.63, 3.8) is 0 Å². The highest BCUT2D eigenvalue weighted by atomic mass is 15.0. The normalized spacial score (nSPS) is 18.6. The molecular weight excluding hydrogens is 136 g/mol. The van der Waals surface area contributed by atoms with E-state index < -0.39 is 0 Å². The van der Waals surface area contributed by atoms with Gasteiger partial charge < -0.3 is 10.6 Å². The van der Waals surface area contributed by atoms with Crippen molar-refractivity contribution in [3.8, 4) is 0 Å². The molecule has 0 spiro atoms. The molecule has 0 amide bonds. The molecule has 0 aromatic rings. The summed E-state index contributed by atoms with van der Waals surface area (Å²) in [4.78, 5) is 0. The number of hydrogen-bond donors (Lipinski definition) is 2. The van der Waals surface area contributed by atoms with E-state index in [9.17, 15) is 0 Å². The van der Waals surface area contributed by atoms with Gasteiger partial charge >= 0.3 is 0 Å². The Bertz CT molecular complexity index is 153. The minimum absolute atomic E-state index is 0.240. The Morgan fingerprint density at radius 3 is 2.73 bits per heavy atom. The van der Waals surface area contributed by atoms with Crippen LogP contribution in [0.4, 0.5) is 0 Å². The third-order valence-corrected chi connectivity index (χ3v) is 1.73. The SMILES string of the molecule is CC(C)(C)NCC1=CCNC1. The highest BCUT2D eigenvalue weighted by molar-refractivity contribution is 5.12. The summed E-state index contributed by atoms with van der Waals surface area (Å²) in [6.07, 6.45) is 2.26. The Morgan fingerprint density at radius 1 is 1.55 bits per heavy atom. The van der Waals surface area contributed by atoms with E-state index in [1.54, 1.807) is 0 Å². The zero-order valence-electron chi connectivity index (χ0n) is 7.70. The second-order valence-electron chi connectivity index (χ2n) is 4.10. The molecule has 0 atom stereocenters. The van der Waals surface area contributed by atoms with Gasteiger partial charge in [0.05, 0.1) is 0 Å². The molecule has 1 rings (SSSR count). The van der Waals surface area contributed by atoms with Crippen molar-refractivity contribution in [2.75, 3.05) is 19.6 Å². The Hall–Kier alpha value is -0.340. The quantitative estimate of drug-likeness (QED) is 0.578. The second kappa shape index (κ2) is 3.37. The van der Waals surface area contributed by atoms with Crippen molar-refractivity contribution in [3.05, 3.63) is 11.6 Å². The molecule has 0 unspecified atom stereocenters. The van der Waals surface area contributed by atoms with Gasteiger partial charge in [-0.1, -0.05) is 6.08 Å². The molecule has 0 aliphatic carbocycles. The summed E-state index contributed by atoms with van der Waals surface area (Å²) < 4.78 is 0. The molecule has 1 aliphatic rings. The number of hydrogen-bond acceptors (Lipinski definition) is 2. The molecule has 0 saturated carbocycles. The van der Waals surface area contributed by atoms with E-state index in [1.165, 1.54) is 5.57 Å². The van der Waals surface area contributed by atoms with Gasteiger partial charge in [0.1, 0.15) is 0 Å². The van der Waals surface area contributed by atoms with Gasteiger partial charge in [0.2, 0.25) is 0 Å². The molecule has 2 nitrogen and oxygen atoms in total. The topological polar surface area (TPSA) is 24.1 Å². The van der Waals surface area contributed by atoms with Gasteiger partial charge in [0.15, 0.2) is 0 Å². The van der Waals surface area contributed by atoms with Gasteiger partial charge in [-0.2, -0.15) is 0 Å². The lowest BCUT2D eigenvalue weighted by atomic mass is 10.1. The Labute approximate surface area is 69.1 Å². The van der Waals surface area contributed by atoms with Crippen molar-refractivity contribution in [1.29, 1.82) is 0 Å². The Kier molecular flexibility index (Phi) is 2.68. The van der Waals surface area contributed by atoms with Crippen LogP contribution < -0.4 is 10.6 Å². The summed E-state index contributed by atoms with van der Waals surface area (Å²) in [6.45, 7) is 9.70. The molecule has 0 radical (unpaired) electrons. The third kappa shape index (κ3) is 3.54. The number of nitrogens with one attached hydrogen (secondary N) is 2. The first-order valence-electron chi connectivity index (χ1n) is 4.21. The van der Waals surface area contributed by atoms with E-state index >= 15 is 0 Å². The van der Waals surface area contributed by atoms with Gasteiger partial charge in [0.25, 0.3) is 0 Å². The first-order valence-corrected chi connectivity index (χ1v) is 4.21. The highest BCUT2D eigenvalue weighted by Crippen LogP contribution is 2.02. The molecule has 0 bridgehead atoms. The molecule has 1 aliphatic heterocycles. The first-order chi connectivity index (χ1) is 5.08. The molecule has 0 saturated heterocycles. The van der Waals surface area contributed by atoms with Crippen molar-refractivity contribution < 1.29 is 0 Å². The van der Waals surface area contributed by atoms with Crippen LogP contribution in [0.5, 0.6) is 0 Å². The monoisotopic (exact) mass is 154 g/mol. The van der Waals surface area contributed by atoms with E-state index in [1.807, 2.05) is 0 Å². The van der Waals surface area contributed by atoms with Gasteiger partial charge in [0, 0.05) is 25.2 Å². The van der Waals surface area contributed by atoms with Crippen LogP contribution in [-0.2, 0) is 0 Å². The van der Waals surface area contributed by atoms with Gasteiger partial charge in [-0.25, -0.2) is 0 Å². The maximum absolute atomic E-state index is 3.46. The minimum atomic E-state index is 0.240. The van der Waals surface area contributed by atoms with Gasteiger partial charge in [-0.3, -0.25) is 0 Å². The summed E-state index contributed by atoms with van der Waals surface area (Å²) >= 11 is 0. The van der Waals surface area contributed by atoms with E-state index in [2.05, 4.69) is 37.5 Å². The average molecular weight is 154 g/mol. The van der Waals surface area contributed by atoms with Crippen LogP contribution in [0.15, 0.2) is 11.6 Å². The van der Waals surface area contributed by atoms with Crippen molar-refractivity contribution >= 4 is 0 Å². The lowest BCUT2D eigenvalue weighted by Gasteiger charge is -2.20. The molecular formula is C9H18N2. The van der Waals surface area contributed by atoms with Crippen LogP contribution in [0, 0.1) is 0 Å². The highest BCUT2D eigenvalue weighted by Gasteiger charge is 2.10. The fraction of sp³-hybridized carbons (Fsp3) is 0.778. The second-order valence-corrected chi connectivity index (χ2v) is 4.10. The van der Waals surface area contributed by atoms with E-state index in [0.29, 0.717) is 0 Å². The molecule has 1 heterocycles. The third-order valence-electron chi connectivity index (χ3n) is 1.73. The number of rotatable bonds is 2. The molecule has 0 aromatic heterocycles. The van der Waals surface area contributed by atoms with Crippen molar-refractivity contribution in [2.45, 2.75) is 26.3 Å². The fourth-order valence-electron chi connectivity index (χ4n) is 1.03. The van der Waals surface area contributed by atoms with Gasteiger partial charge in [-0.05, 0) is 26.3 Å². The zero-order chi connectivity index (χ0) is 8.32. The summed E-state index contributed by atoms with van der Waals surface area (Å²) in [5.41, 5.74) is 1.73. The molecule has 2 N–H and O–H groups in total. The summed E-state index contributed by atoms with van der Waals surface area (Å²) in [6, 6.07) is 0. The smallest absolute Gasteiger partial charge is 0.0182 e. The van der Waals surface area contributed by atoms with Crippen molar-refractivity contribution in [1.82, 2.24) is 10.6 Å². The fourth-order valence-corrected chi connectivity index (χ4v) is 1.03. The minimum Gasteiger partial charge on any atom is -0.309 e. The largest absolute Gasteiger partial charge is 0.309 e. The Balaban J connectivity index is 2.22. The summed E-state index contributed by atoms with van der Waals surface area (Å²) in [5, 5.41) is 6.73. The summed E-state index contributed by atoms with van der Waals surface area (Å²) in [7, 11) is 0. The standard InChI is InChI=1S/C9H18N2/c1-9(2,3)11-7-8-4-5-10-6-8/h4,10-11H,5-7H2,1-3H3. The van der Waals surface area contributed by atoms with Crippen LogP contribution in [0.3, 0.4) is 0 Å². The van der Waals surface area contributed by atoms with E-state index in [4.69, 9.17) is 0 Å². The van der Waals surface area contributed by atoms with Crippen LogP contribution >= 0.6 is 0 Å². The van der Waals surface area contributed by atoms with Crippen LogP contribution in [0.1, 0.15) is 20.8 Å². The molecule has 11 heavy (non-hydrogen) atoms. The Morgan fingerprint density at radius 2 is 2.27 bits per heavy atom. The van der Waals surface area contributed by atoms with E-state index in [0.717, 1.165) is 19.6 Å². The van der Waals surface area contributed by atoms with Crippen LogP contribution in [0.25, 0.3) is 0 Å². The zero-order valence-corrected chi connectivity index (χ0v) is 7.70. The average Bonchev–Trinajstić information content (AvgIpc) is 2.32. The lowest BCUT2D eigenvalue weighted by Crippen LogP contribution is -2.37. The molecule has 2 heteroatoms. The predicted octanol–water partition coefficient (Wildman–Crippen LogP) is 0.904. The molecule has 0 aromatic carbocycles. The summed E-state index contributed by atoms with van der Waals surface area (Å²) in [5.74, 6) is 0. The maximum atomic E-state index is 3.46.